The van der Waals surface area contributed by atoms with Crippen molar-refractivity contribution in [1.82, 2.24) is 10.9 Å². The lowest BCUT2D eigenvalue weighted by Gasteiger charge is -2.19. The van der Waals surface area contributed by atoms with Gasteiger partial charge in [-0.15, -0.1) is 0 Å². The average molecular weight is 358 g/mol. The third-order valence-electron chi connectivity index (χ3n) is 1.85. The molecule has 0 aliphatic carbocycles. The maximum atomic E-state index is 10.6. The Kier molecular flexibility index (Phi) is 9.91. The number of aliphatic carboxylic acids is 3. The summed E-state index contributed by atoms with van der Waals surface area (Å²) >= 11 is 0. The zero-order valence-corrected chi connectivity index (χ0v) is 11.0. The van der Waals surface area contributed by atoms with E-state index in [-0.39, 0.29) is 0 Å². The molecule has 0 aromatic carbocycles. The second kappa shape index (κ2) is 9.83. The summed E-state index contributed by atoms with van der Waals surface area (Å²) in [4.78, 5) is 28.0. The molecule has 1 aliphatic rings. The first-order valence-electron chi connectivity index (χ1n) is 5.51. The molecule has 1 atom stereocenters. The normalized spacial score (nSPS) is 17.7. The van der Waals surface area contributed by atoms with Crippen LogP contribution in [0.25, 0.3) is 0 Å². The highest BCUT2D eigenvalue weighted by Crippen LogP contribution is 2.13. The summed E-state index contributed by atoms with van der Waals surface area (Å²) in [7, 11) is 0. The Bertz CT molecular complexity index is 380. The molecule has 1 heterocycles. The number of rotatable bonds is 1. The number of hydrogen-bond donors (Lipinski definition) is 5. The van der Waals surface area contributed by atoms with Crippen molar-refractivity contribution in [2.24, 2.45) is 0 Å². The maximum Gasteiger partial charge on any atom is 0.490 e. The van der Waals surface area contributed by atoms with E-state index in [1.807, 2.05) is 0 Å². The number of carboxylic acid groups (broad SMARTS) is 3. The van der Waals surface area contributed by atoms with Crippen LogP contribution >= 0.6 is 0 Å². The van der Waals surface area contributed by atoms with Crippen LogP contribution in [-0.4, -0.2) is 58.2 Å². The van der Waals surface area contributed by atoms with E-state index >= 15 is 0 Å². The fraction of sp³-hybridized carbons (Fsp3) is 0.667. The minimum Gasteiger partial charge on any atom is -0.480 e. The van der Waals surface area contributed by atoms with Gasteiger partial charge in [0.2, 0.25) is 0 Å². The van der Waals surface area contributed by atoms with Crippen LogP contribution < -0.4 is 10.9 Å². The van der Waals surface area contributed by atoms with Gasteiger partial charge in [-0.1, -0.05) is 0 Å². The summed E-state index contributed by atoms with van der Waals surface area (Å²) in [5.41, 5.74) is 5.45. The molecule has 1 saturated heterocycles. The second-order valence-corrected chi connectivity index (χ2v) is 3.71. The Hall–Kier alpha value is -2.09. The Balaban J connectivity index is 0. The van der Waals surface area contributed by atoms with Gasteiger partial charge < -0.3 is 15.3 Å². The number of hydrazine groups is 1. The van der Waals surface area contributed by atoms with Crippen molar-refractivity contribution in [2.75, 3.05) is 6.54 Å². The van der Waals surface area contributed by atoms with Gasteiger partial charge in [0.1, 0.15) is 6.04 Å². The molecule has 1 fully saturated rings. The summed E-state index contributed by atoms with van der Waals surface area (Å²) in [6.07, 6.45) is -8.51. The lowest BCUT2D eigenvalue weighted by Crippen LogP contribution is -2.49. The van der Waals surface area contributed by atoms with E-state index in [0.717, 1.165) is 19.4 Å². The Morgan fingerprint density at radius 1 is 0.870 bits per heavy atom. The van der Waals surface area contributed by atoms with E-state index in [1.165, 1.54) is 0 Å². The molecule has 0 bridgehead atoms. The SMILES string of the molecule is O=C(O)C(F)(F)F.O=C(O)C(F)(F)F.O=C(O)[C@@H]1CCCNN1. The standard InChI is InChI=1S/C5H10N2O2.2C2HF3O2/c8-5(9)4-2-1-3-6-7-4;2*3-2(4,5)1(6)7/h4,6-7H,1-3H2,(H,8,9);2*(H,6,7)/t4-;;/m0../s1. The smallest absolute Gasteiger partial charge is 0.480 e. The second-order valence-electron chi connectivity index (χ2n) is 3.71. The topological polar surface area (TPSA) is 136 Å². The van der Waals surface area contributed by atoms with Gasteiger partial charge in [-0.25, -0.2) is 15.0 Å². The van der Waals surface area contributed by atoms with E-state index in [4.69, 9.17) is 24.9 Å². The van der Waals surface area contributed by atoms with E-state index in [0.29, 0.717) is 0 Å². The van der Waals surface area contributed by atoms with Crippen molar-refractivity contribution in [3.05, 3.63) is 0 Å². The molecule has 0 unspecified atom stereocenters. The summed E-state index contributed by atoms with van der Waals surface area (Å²) < 4.78 is 63.5. The summed E-state index contributed by atoms with van der Waals surface area (Å²) in [6, 6.07) is -0.390. The minimum absolute atomic E-state index is 0.390. The van der Waals surface area contributed by atoms with E-state index < -0.39 is 36.3 Å². The van der Waals surface area contributed by atoms with E-state index in [9.17, 15) is 31.1 Å². The third-order valence-corrected chi connectivity index (χ3v) is 1.85. The van der Waals surface area contributed by atoms with Gasteiger partial charge in [0.05, 0.1) is 0 Å². The molecule has 136 valence electrons. The molecule has 0 aromatic heterocycles. The first-order chi connectivity index (χ1) is 10.2. The quantitative estimate of drug-likeness (QED) is 0.430. The molecule has 0 amide bonds. The summed E-state index contributed by atoms with van der Waals surface area (Å²) in [5, 5.41) is 22.7. The summed E-state index contributed by atoms with van der Waals surface area (Å²) in [5.74, 6) is -6.29. The zero-order chi connectivity index (χ0) is 18.8. The van der Waals surface area contributed by atoms with E-state index in [1.54, 1.807) is 0 Å². The first-order valence-corrected chi connectivity index (χ1v) is 5.51. The molecule has 8 nitrogen and oxygen atoms in total. The molecule has 23 heavy (non-hydrogen) atoms. The minimum atomic E-state index is -5.08. The number of carbonyl (C=O) groups is 3. The number of carboxylic acids is 3. The fourth-order valence-electron chi connectivity index (χ4n) is 0.847. The van der Waals surface area contributed by atoms with Crippen molar-refractivity contribution < 1.29 is 56.0 Å². The molecule has 0 aromatic rings. The van der Waals surface area contributed by atoms with Crippen molar-refractivity contribution in [1.29, 1.82) is 0 Å². The largest absolute Gasteiger partial charge is 0.490 e. The monoisotopic (exact) mass is 358 g/mol. The van der Waals surface area contributed by atoms with Gasteiger partial charge in [0.25, 0.3) is 0 Å². The van der Waals surface area contributed by atoms with Gasteiger partial charge in [-0.2, -0.15) is 26.3 Å². The fourth-order valence-corrected chi connectivity index (χ4v) is 0.847. The molecular formula is C9H12F6N2O6. The van der Waals surface area contributed by atoms with Gasteiger partial charge >= 0.3 is 30.3 Å². The van der Waals surface area contributed by atoms with Crippen molar-refractivity contribution >= 4 is 17.9 Å². The van der Waals surface area contributed by atoms with Gasteiger partial charge in [0.15, 0.2) is 0 Å². The molecule has 0 saturated carbocycles. The predicted octanol–water partition coefficient (Wildman–Crippen LogP) is 0.594. The predicted molar refractivity (Wildman–Crippen MR) is 59.2 cm³/mol. The highest BCUT2D eigenvalue weighted by atomic mass is 19.4. The summed E-state index contributed by atoms with van der Waals surface area (Å²) in [6.45, 7) is 0.865. The van der Waals surface area contributed by atoms with Crippen LogP contribution in [0.1, 0.15) is 12.8 Å². The molecule has 14 heteroatoms. The van der Waals surface area contributed by atoms with Crippen LogP contribution in [-0.2, 0) is 14.4 Å². The van der Waals surface area contributed by atoms with Gasteiger partial charge in [-0.05, 0) is 12.8 Å². The van der Waals surface area contributed by atoms with Crippen molar-refractivity contribution in [2.45, 2.75) is 31.2 Å². The van der Waals surface area contributed by atoms with Crippen LogP contribution in [0, 0.1) is 0 Å². The van der Waals surface area contributed by atoms with Crippen molar-refractivity contribution in [3.8, 4) is 0 Å². The van der Waals surface area contributed by atoms with E-state index in [2.05, 4.69) is 10.9 Å². The van der Waals surface area contributed by atoms with Crippen LogP contribution in [0.4, 0.5) is 26.3 Å². The molecular weight excluding hydrogens is 346 g/mol. The molecule has 0 spiro atoms. The molecule has 1 rings (SSSR count). The maximum absolute atomic E-state index is 10.6. The molecule has 5 N–H and O–H groups in total. The van der Waals surface area contributed by atoms with Gasteiger partial charge in [-0.3, -0.25) is 10.2 Å². The Labute approximate surface area is 124 Å². The van der Waals surface area contributed by atoms with Crippen molar-refractivity contribution in [3.63, 3.8) is 0 Å². The lowest BCUT2D eigenvalue weighted by molar-refractivity contribution is -0.193. The lowest BCUT2D eigenvalue weighted by atomic mass is 10.1. The number of halogens is 6. The third kappa shape index (κ3) is 13.3. The van der Waals surface area contributed by atoms with Crippen LogP contribution in [0.3, 0.4) is 0 Å². The zero-order valence-electron chi connectivity index (χ0n) is 11.0. The average Bonchev–Trinajstić information content (AvgIpc) is 2.38. The van der Waals surface area contributed by atoms with Crippen LogP contribution in [0.2, 0.25) is 0 Å². The molecule has 0 radical (unpaired) electrons. The highest BCUT2D eigenvalue weighted by molar-refractivity contribution is 5.73. The Morgan fingerprint density at radius 2 is 1.22 bits per heavy atom. The van der Waals surface area contributed by atoms with Crippen LogP contribution in [0.15, 0.2) is 0 Å². The van der Waals surface area contributed by atoms with Gasteiger partial charge in [0, 0.05) is 6.54 Å². The number of alkyl halides is 6. The first kappa shape index (κ1) is 23.2. The van der Waals surface area contributed by atoms with Crippen LogP contribution in [0.5, 0.6) is 0 Å². The molecule has 1 aliphatic heterocycles. The Morgan fingerprint density at radius 3 is 1.35 bits per heavy atom. The number of hydrogen-bond acceptors (Lipinski definition) is 5. The highest BCUT2D eigenvalue weighted by Gasteiger charge is 2.38. The number of nitrogens with one attached hydrogen (secondary N) is 2.